The first-order valence-electron chi connectivity index (χ1n) is 10.2. The summed E-state index contributed by atoms with van der Waals surface area (Å²) in [5, 5.41) is 6.73. The van der Waals surface area contributed by atoms with Crippen LogP contribution in [0.3, 0.4) is 0 Å². The fourth-order valence-electron chi connectivity index (χ4n) is 3.26. The van der Waals surface area contributed by atoms with Gasteiger partial charge in [-0.15, -0.1) is 0 Å². The van der Waals surface area contributed by atoms with E-state index in [1.807, 2.05) is 76.4 Å². The number of hydrogen-bond donors (Lipinski definition) is 3. The van der Waals surface area contributed by atoms with Gasteiger partial charge in [0.15, 0.2) is 0 Å². The van der Waals surface area contributed by atoms with Gasteiger partial charge in [-0.3, -0.25) is 4.79 Å². The van der Waals surface area contributed by atoms with Gasteiger partial charge < -0.3 is 20.4 Å². The number of ether oxygens (including phenoxy) is 1. The zero-order valence-corrected chi connectivity index (χ0v) is 17.9. The molecule has 0 spiro atoms. The molecule has 0 bridgehead atoms. The Hall–Kier alpha value is -3.28. The lowest BCUT2D eigenvalue weighted by Gasteiger charge is -2.20. The molecular formula is C24H29N3O3. The second kappa shape index (κ2) is 9.48. The Labute approximate surface area is 177 Å². The molecule has 1 atom stereocenters. The van der Waals surface area contributed by atoms with Gasteiger partial charge in [0.1, 0.15) is 6.04 Å². The third-order valence-electron chi connectivity index (χ3n) is 5.12. The van der Waals surface area contributed by atoms with Gasteiger partial charge in [-0.05, 0) is 48.6 Å². The second-order valence-electron chi connectivity index (χ2n) is 7.99. The molecule has 0 aliphatic carbocycles. The number of aromatic nitrogens is 1. The van der Waals surface area contributed by atoms with Crippen LogP contribution in [0.5, 0.6) is 0 Å². The van der Waals surface area contributed by atoms with E-state index in [-0.39, 0.29) is 11.8 Å². The zero-order valence-electron chi connectivity index (χ0n) is 17.9. The van der Waals surface area contributed by atoms with Crippen molar-refractivity contribution < 1.29 is 14.3 Å². The molecular weight excluding hydrogens is 378 g/mol. The normalized spacial score (nSPS) is 12.0. The number of amides is 2. The fourth-order valence-corrected chi connectivity index (χ4v) is 3.26. The summed E-state index contributed by atoms with van der Waals surface area (Å²) in [5.74, 6) is -0.0675. The minimum Gasteiger partial charge on any atom is -0.449 e. The number of benzene rings is 2. The molecule has 2 amide bonds. The third kappa shape index (κ3) is 5.20. The van der Waals surface area contributed by atoms with Crippen LogP contribution in [0.4, 0.5) is 10.5 Å². The number of hydrogen-bond acceptors (Lipinski definition) is 3. The number of carbonyl (C=O) groups excluding carboxylic acids is 2. The van der Waals surface area contributed by atoms with Crippen LogP contribution in [-0.2, 0) is 16.0 Å². The molecule has 0 aliphatic heterocycles. The van der Waals surface area contributed by atoms with E-state index in [0.29, 0.717) is 13.0 Å². The number of carbonyl (C=O) groups is 2. The summed E-state index contributed by atoms with van der Waals surface area (Å²) in [5.41, 5.74) is 4.77. The van der Waals surface area contributed by atoms with Gasteiger partial charge in [-0.2, -0.15) is 0 Å². The summed E-state index contributed by atoms with van der Waals surface area (Å²) >= 11 is 0. The third-order valence-corrected chi connectivity index (χ3v) is 5.12. The van der Waals surface area contributed by atoms with Crippen LogP contribution in [0.1, 0.15) is 30.5 Å². The molecule has 0 aliphatic rings. The van der Waals surface area contributed by atoms with Crippen molar-refractivity contribution in [3.05, 3.63) is 65.4 Å². The Balaban J connectivity index is 1.81. The summed E-state index contributed by atoms with van der Waals surface area (Å²) < 4.78 is 5.25. The van der Waals surface area contributed by atoms with Crippen molar-refractivity contribution in [1.82, 2.24) is 10.3 Å². The number of para-hydroxylation sites is 1. The Kier molecular flexibility index (Phi) is 6.77. The largest absolute Gasteiger partial charge is 0.449 e. The zero-order chi connectivity index (χ0) is 21.7. The highest BCUT2D eigenvalue weighted by Crippen LogP contribution is 2.21. The van der Waals surface area contributed by atoms with Gasteiger partial charge in [0.25, 0.3) is 0 Å². The van der Waals surface area contributed by atoms with Gasteiger partial charge in [-0.25, -0.2) is 4.79 Å². The molecule has 30 heavy (non-hydrogen) atoms. The van der Waals surface area contributed by atoms with E-state index >= 15 is 0 Å². The molecule has 1 heterocycles. The Morgan fingerprint density at radius 2 is 1.83 bits per heavy atom. The monoisotopic (exact) mass is 407 g/mol. The topological polar surface area (TPSA) is 83.2 Å². The maximum Gasteiger partial charge on any atom is 0.407 e. The van der Waals surface area contributed by atoms with Crippen molar-refractivity contribution in [2.45, 2.75) is 40.2 Å². The first kappa shape index (κ1) is 21.4. The number of anilines is 1. The molecule has 6 nitrogen and oxygen atoms in total. The van der Waals surface area contributed by atoms with Crippen molar-refractivity contribution in [3.8, 4) is 0 Å². The van der Waals surface area contributed by atoms with E-state index in [1.165, 1.54) is 0 Å². The summed E-state index contributed by atoms with van der Waals surface area (Å²) in [6, 6.07) is 12.9. The van der Waals surface area contributed by atoms with E-state index in [4.69, 9.17) is 4.74 Å². The van der Waals surface area contributed by atoms with E-state index in [2.05, 4.69) is 15.6 Å². The minimum absolute atomic E-state index is 0.214. The Bertz CT molecular complexity index is 1040. The molecule has 0 saturated heterocycles. The fraction of sp³-hybridized carbons (Fsp3) is 0.333. The van der Waals surface area contributed by atoms with Crippen molar-refractivity contribution in [2.75, 3.05) is 11.9 Å². The average molecular weight is 408 g/mol. The van der Waals surface area contributed by atoms with Crippen LogP contribution in [-0.4, -0.2) is 29.6 Å². The SMILES string of the molecule is Cc1cccc(NC(=O)[C@H](Cc2c[nH]c3ccccc23)NC(=O)OCC(C)C)c1C. The lowest BCUT2D eigenvalue weighted by atomic mass is 10.0. The summed E-state index contributed by atoms with van der Waals surface area (Å²) in [4.78, 5) is 28.6. The van der Waals surface area contributed by atoms with E-state index in [9.17, 15) is 9.59 Å². The van der Waals surface area contributed by atoms with Gasteiger partial charge in [0.05, 0.1) is 6.61 Å². The van der Waals surface area contributed by atoms with E-state index in [0.717, 1.165) is 33.3 Å². The predicted molar refractivity (Wildman–Crippen MR) is 120 cm³/mol. The van der Waals surface area contributed by atoms with Crippen LogP contribution in [0.25, 0.3) is 10.9 Å². The lowest BCUT2D eigenvalue weighted by molar-refractivity contribution is -0.118. The van der Waals surface area contributed by atoms with Gasteiger partial charge >= 0.3 is 6.09 Å². The molecule has 0 saturated carbocycles. The van der Waals surface area contributed by atoms with Crippen molar-refractivity contribution in [1.29, 1.82) is 0 Å². The first-order valence-corrected chi connectivity index (χ1v) is 10.2. The highest BCUT2D eigenvalue weighted by molar-refractivity contribution is 5.98. The Morgan fingerprint density at radius 3 is 2.60 bits per heavy atom. The highest BCUT2D eigenvalue weighted by atomic mass is 16.5. The maximum absolute atomic E-state index is 13.1. The molecule has 3 aromatic rings. The van der Waals surface area contributed by atoms with Crippen LogP contribution >= 0.6 is 0 Å². The first-order chi connectivity index (χ1) is 14.3. The smallest absolute Gasteiger partial charge is 0.407 e. The van der Waals surface area contributed by atoms with Crippen LogP contribution in [0.15, 0.2) is 48.7 Å². The van der Waals surface area contributed by atoms with E-state index < -0.39 is 12.1 Å². The van der Waals surface area contributed by atoms with Gasteiger partial charge in [-0.1, -0.05) is 44.2 Å². The number of nitrogens with one attached hydrogen (secondary N) is 3. The van der Waals surface area contributed by atoms with Gasteiger partial charge in [0, 0.05) is 29.2 Å². The number of alkyl carbamates (subject to hydrolysis) is 1. The van der Waals surface area contributed by atoms with Crippen molar-refractivity contribution in [3.63, 3.8) is 0 Å². The predicted octanol–water partition coefficient (Wildman–Crippen LogP) is 4.72. The summed E-state index contributed by atoms with van der Waals surface area (Å²) in [7, 11) is 0. The quantitative estimate of drug-likeness (QED) is 0.530. The molecule has 0 fully saturated rings. The van der Waals surface area contributed by atoms with E-state index in [1.54, 1.807) is 0 Å². The number of fused-ring (bicyclic) bond motifs is 1. The Morgan fingerprint density at radius 1 is 1.07 bits per heavy atom. The number of H-pyrrole nitrogens is 1. The van der Waals surface area contributed by atoms with Crippen molar-refractivity contribution >= 4 is 28.6 Å². The van der Waals surface area contributed by atoms with Crippen molar-refractivity contribution in [2.24, 2.45) is 5.92 Å². The molecule has 0 unspecified atom stereocenters. The highest BCUT2D eigenvalue weighted by Gasteiger charge is 2.24. The maximum atomic E-state index is 13.1. The molecule has 3 rings (SSSR count). The van der Waals surface area contributed by atoms with Gasteiger partial charge in [0.2, 0.25) is 5.91 Å². The lowest BCUT2D eigenvalue weighted by Crippen LogP contribution is -2.45. The molecule has 1 aromatic heterocycles. The molecule has 158 valence electrons. The number of rotatable bonds is 7. The molecule has 3 N–H and O–H groups in total. The number of aryl methyl sites for hydroxylation is 1. The summed E-state index contributed by atoms with van der Waals surface area (Å²) in [6.45, 7) is 8.18. The molecule has 0 radical (unpaired) electrons. The standard InChI is InChI=1S/C24H29N3O3/c1-15(2)14-30-24(29)27-22(12-18-13-25-21-10-6-5-9-19(18)21)23(28)26-20-11-7-8-16(3)17(20)4/h5-11,13,15,22,25H,12,14H2,1-4H3,(H,26,28)(H,27,29)/t22-/m0/s1. The minimum atomic E-state index is -0.774. The summed E-state index contributed by atoms with van der Waals surface area (Å²) in [6.07, 6.45) is 1.63. The van der Waals surface area contributed by atoms with Crippen LogP contribution < -0.4 is 10.6 Å². The van der Waals surface area contributed by atoms with Crippen LogP contribution in [0.2, 0.25) is 0 Å². The molecule has 6 heteroatoms. The van der Waals surface area contributed by atoms with Crippen LogP contribution in [0, 0.1) is 19.8 Å². The average Bonchev–Trinajstić information content (AvgIpc) is 3.12. The number of aromatic amines is 1. The second-order valence-corrected chi connectivity index (χ2v) is 7.99. The molecule has 2 aromatic carbocycles.